The lowest BCUT2D eigenvalue weighted by Gasteiger charge is -2.41. The topological polar surface area (TPSA) is 3.24 Å². The second-order valence-corrected chi connectivity index (χ2v) is 4.97. The Kier molecular flexibility index (Phi) is 3.11. The van der Waals surface area contributed by atoms with Gasteiger partial charge in [-0.3, -0.25) is 4.90 Å². The van der Waals surface area contributed by atoms with Gasteiger partial charge in [-0.15, -0.1) is 0 Å². The van der Waals surface area contributed by atoms with Crippen LogP contribution in [0.15, 0.2) is 30.3 Å². The van der Waals surface area contributed by atoms with E-state index in [0.29, 0.717) is 0 Å². The maximum absolute atomic E-state index is 2.62. The molecular formula is C14H21N. The maximum atomic E-state index is 2.62. The van der Waals surface area contributed by atoms with E-state index in [4.69, 9.17) is 0 Å². The predicted molar refractivity (Wildman–Crippen MR) is 64.9 cm³/mol. The summed E-state index contributed by atoms with van der Waals surface area (Å²) in [5.41, 5.74) is 1.63. The summed E-state index contributed by atoms with van der Waals surface area (Å²) >= 11 is 0. The van der Waals surface area contributed by atoms with Crippen molar-refractivity contribution >= 4 is 0 Å². The molecule has 1 saturated heterocycles. The molecule has 1 nitrogen and oxygen atoms in total. The average molecular weight is 203 g/mol. The summed E-state index contributed by atoms with van der Waals surface area (Å²) in [6, 6.07) is 10.9. The van der Waals surface area contributed by atoms with Gasteiger partial charge in [-0.05, 0) is 45.3 Å². The Bertz CT molecular complexity index is 296. The van der Waals surface area contributed by atoms with E-state index in [1.165, 1.54) is 37.9 Å². The molecule has 0 aliphatic carbocycles. The molecule has 1 heterocycles. The Morgan fingerprint density at radius 2 is 1.53 bits per heavy atom. The van der Waals surface area contributed by atoms with Gasteiger partial charge >= 0.3 is 0 Å². The monoisotopic (exact) mass is 203 g/mol. The van der Waals surface area contributed by atoms with Crippen molar-refractivity contribution in [3.05, 3.63) is 35.9 Å². The fourth-order valence-corrected chi connectivity index (χ4v) is 2.48. The Labute approximate surface area is 93.1 Å². The number of hydrogen-bond acceptors (Lipinski definition) is 1. The number of piperidine rings is 1. The lowest BCUT2D eigenvalue weighted by atomic mass is 9.90. The van der Waals surface area contributed by atoms with Gasteiger partial charge in [-0.2, -0.15) is 0 Å². The van der Waals surface area contributed by atoms with Gasteiger partial charge in [-0.1, -0.05) is 36.8 Å². The average Bonchev–Trinajstić information content (AvgIpc) is 2.31. The Balaban J connectivity index is 2.18. The van der Waals surface area contributed by atoms with Crippen molar-refractivity contribution in [2.24, 2.45) is 0 Å². The molecule has 0 aromatic heterocycles. The van der Waals surface area contributed by atoms with Crippen molar-refractivity contribution in [1.29, 1.82) is 0 Å². The molecular weight excluding hydrogens is 182 g/mol. The van der Waals surface area contributed by atoms with Gasteiger partial charge in [0, 0.05) is 5.54 Å². The highest BCUT2D eigenvalue weighted by atomic mass is 15.2. The maximum Gasteiger partial charge on any atom is 0.0404 e. The lowest BCUT2D eigenvalue weighted by Crippen LogP contribution is -2.44. The minimum absolute atomic E-state index is 0.196. The van der Waals surface area contributed by atoms with Crippen molar-refractivity contribution in [2.75, 3.05) is 13.1 Å². The Morgan fingerprint density at radius 1 is 0.933 bits per heavy atom. The fourth-order valence-electron chi connectivity index (χ4n) is 2.48. The van der Waals surface area contributed by atoms with Crippen molar-refractivity contribution < 1.29 is 0 Å². The van der Waals surface area contributed by atoms with E-state index >= 15 is 0 Å². The van der Waals surface area contributed by atoms with Crippen molar-refractivity contribution in [1.82, 2.24) is 4.90 Å². The van der Waals surface area contributed by atoms with Crippen molar-refractivity contribution in [3.63, 3.8) is 0 Å². The predicted octanol–water partition coefficient (Wildman–Crippen LogP) is 3.41. The summed E-state index contributed by atoms with van der Waals surface area (Å²) in [6.07, 6.45) is 4.12. The van der Waals surface area contributed by atoms with Crippen LogP contribution in [0.25, 0.3) is 0 Å². The van der Waals surface area contributed by atoms with Crippen LogP contribution in [0.5, 0.6) is 0 Å². The molecule has 15 heavy (non-hydrogen) atoms. The zero-order valence-electron chi connectivity index (χ0n) is 9.87. The van der Waals surface area contributed by atoms with Gasteiger partial charge in [0.1, 0.15) is 0 Å². The summed E-state index contributed by atoms with van der Waals surface area (Å²) in [5, 5.41) is 0. The van der Waals surface area contributed by atoms with E-state index in [-0.39, 0.29) is 5.54 Å². The largest absolute Gasteiger partial charge is 0.294 e. The molecule has 0 unspecified atom stereocenters. The van der Waals surface area contributed by atoms with E-state index in [1.54, 1.807) is 0 Å². The fraction of sp³-hybridized carbons (Fsp3) is 0.571. The van der Waals surface area contributed by atoms with E-state index in [9.17, 15) is 0 Å². The Morgan fingerprint density at radius 3 is 2.13 bits per heavy atom. The highest BCUT2D eigenvalue weighted by molar-refractivity contribution is 5.22. The van der Waals surface area contributed by atoms with E-state index in [2.05, 4.69) is 49.1 Å². The second-order valence-electron chi connectivity index (χ2n) is 4.97. The summed E-state index contributed by atoms with van der Waals surface area (Å²) in [5.74, 6) is 0. The first-order chi connectivity index (χ1) is 7.21. The van der Waals surface area contributed by atoms with Crippen molar-refractivity contribution in [3.8, 4) is 0 Å². The number of likely N-dealkylation sites (tertiary alicyclic amines) is 1. The first kappa shape index (κ1) is 10.7. The standard InChI is InChI=1S/C14H21N/c1-14(2,13-9-5-3-6-10-13)15-11-7-4-8-12-15/h3,5-6,9-10H,4,7-8,11-12H2,1-2H3. The molecule has 0 radical (unpaired) electrons. The van der Waals surface area contributed by atoms with Crippen LogP contribution in [-0.2, 0) is 5.54 Å². The molecule has 0 saturated carbocycles. The van der Waals surface area contributed by atoms with Gasteiger partial charge in [0.05, 0.1) is 0 Å². The number of rotatable bonds is 2. The molecule has 1 aromatic rings. The summed E-state index contributed by atoms with van der Waals surface area (Å²) in [7, 11) is 0. The van der Waals surface area contributed by atoms with Crippen LogP contribution < -0.4 is 0 Å². The lowest BCUT2D eigenvalue weighted by molar-refractivity contribution is 0.0943. The molecule has 2 rings (SSSR count). The molecule has 0 bridgehead atoms. The minimum Gasteiger partial charge on any atom is -0.294 e. The molecule has 0 N–H and O–H groups in total. The van der Waals surface area contributed by atoms with Crippen LogP contribution in [0.2, 0.25) is 0 Å². The first-order valence-corrected chi connectivity index (χ1v) is 6.02. The SMILES string of the molecule is CC(C)(c1ccccc1)N1CCCCC1. The number of nitrogens with zero attached hydrogens (tertiary/aromatic N) is 1. The third kappa shape index (κ3) is 2.23. The molecule has 1 aliphatic heterocycles. The highest BCUT2D eigenvalue weighted by Gasteiger charge is 2.29. The third-order valence-electron chi connectivity index (χ3n) is 3.63. The molecule has 1 aliphatic rings. The zero-order chi connectivity index (χ0) is 10.7. The third-order valence-corrected chi connectivity index (χ3v) is 3.63. The number of hydrogen-bond donors (Lipinski definition) is 0. The highest BCUT2D eigenvalue weighted by Crippen LogP contribution is 2.29. The normalized spacial score (nSPS) is 19.1. The molecule has 1 fully saturated rings. The molecule has 82 valence electrons. The van der Waals surface area contributed by atoms with Gasteiger partial charge in [0.25, 0.3) is 0 Å². The van der Waals surface area contributed by atoms with E-state index in [1.807, 2.05) is 0 Å². The van der Waals surface area contributed by atoms with Crippen LogP contribution in [0, 0.1) is 0 Å². The quantitative estimate of drug-likeness (QED) is 0.712. The molecule has 1 heteroatoms. The molecule has 0 atom stereocenters. The number of benzene rings is 1. The van der Waals surface area contributed by atoms with Crippen LogP contribution in [0.1, 0.15) is 38.7 Å². The van der Waals surface area contributed by atoms with Gasteiger partial charge in [-0.25, -0.2) is 0 Å². The van der Waals surface area contributed by atoms with Crippen molar-refractivity contribution in [2.45, 2.75) is 38.6 Å². The summed E-state index contributed by atoms with van der Waals surface area (Å²) in [4.78, 5) is 2.62. The molecule has 1 aromatic carbocycles. The summed E-state index contributed by atoms with van der Waals surface area (Å²) < 4.78 is 0. The van der Waals surface area contributed by atoms with Crippen LogP contribution in [0.3, 0.4) is 0 Å². The smallest absolute Gasteiger partial charge is 0.0404 e. The van der Waals surface area contributed by atoms with Gasteiger partial charge in [0.2, 0.25) is 0 Å². The van der Waals surface area contributed by atoms with E-state index < -0.39 is 0 Å². The van der Waals surface area contributed by atoms with Gasteiger partial charge in [0.15, 0.2) is 0 Å². The van der Waals surface area contributed by atoms with Crippen LogP contribution >= 0.6 is 0 Å². The second kappa shape index (κ2) is 4.36. The summed E-state index contributed by atoms with van der Waals surface area (Å²) in [6.45, 7) is 7.19. The van der Waals surface area contributed by atoms with E-state index in [0.717, 1.165) is 0 Å². The minimum atomic E-state index is 0.196. The van der Waals surface area contributed by atoms with Crippen LogP contribution in [-0.4, -0.2) is 18.0 Å². The zero-order valence-corrected chi connectivity index (χ0v) is 9.87. The molecule has 0 spiro atoms. The van der Waals surface area contributed by atoms with Gasteiger partial charge < -0.3 is 0 Å². The first-order valence-electron chi connectivity index (χ1n) is 6.02. The molecule has 0 amide bonds. The Hall–Kier alpha value is -0.820. The van der Waals surface area contributed by atoms with Crippen LogP contribution in [0.4, 0.5) is 0 Å².